The molecule has 154 valence electrons. The Kier molecular flexibility index (Phi) is 7.97. The Morgan fingerprint density at radius 3 is 2.52 bits per heavy atom. The van der Waals surface area contributed by atoms with Gasteiger partial charge in [-0.1, -0.05) is 23.7 Å². The first-order valence-corrected chi connectivity index (χ1v) is 8.70. The number of rotatable bonds is 8. The molecule has 6 nitrogen and oxygen atoms in total. The summed E-state index contributed by atoms with van der Waals surface area (Å²) in [4.78, 5) is 23.8. The number of benzene rings is 2. The lowest BCUT2D eigenvalue weighted by atomic mass is 10.2. The Bertz CT molecular complexity index is 900. The Labute approximate surface area is 171 Å². The highest BCUT2D eigenvalue weighted by atomic mass is 35.5. The summed E-state index contributed by atoms with van der Waals surface area (Å²) < 4.78 is 38.5. The average molecular weight is 426 g/mol. The van der Waals surface area contributed by atoms with Crippen molar-refractivity contribution in [3.63, 3.8) is 0 Å². The van der Waals surface area contributed by atoms with Gasteiger partial charge in [-0.25, -0.2) is 4.79 Å². The van der Waals surface area contributed by atoms with Crippen LogP contribution >= 0.6 is 11.6 Å². The van der Waals surface area contributed by atoms with E-state index in [9.17, 15) is 18.4 Å². The monoisotopic (exact) mass is 425 g/mol. The molecule has 0 aliphatic heterocycles. The van der Waals surface area contributed by atoms with E-state index in [0.717, 1.165) is 11.6 Å². The number of ether oxygens (including phenoxy) is 3. The van der Waals surface area contributed by atoms with Crippen LogP contribution < -0.4 is 14.8 Å². The van der Waals surface area contributed by atoms with Gasteiger partial charge >= 0.3 is 12.6 Å². The number of hydrogen-bond donors (Lipinski definition) is 1. The second-order valence-corrected chi connectivity index (χ2v) is 6.15. The van der Waals surface area contributed by atoms with Gasteiger partial charge < -0.3 is 19.5 Å². The minimum absolute atomic E-state index is 0.00395. The van der Waals surface area contributed by atoms with Crippen LogP contribution in [0.25, 0.3) is 6.08 Å². The van der Waals surface area contributed by atoms with E-state index in [4.69, 9.17) is 21.1 Å². The summed E-state index contributed by atoms with van der Waals surface area (Å²) >= 11 is 6.01. The van der Waals surface area contributed by atoms with Crippen LogP contribution in [0.4, 0.5) is 14.5 Å². The number of esters is 1. The summed E-state index contributed by atoms with van der Waals surface area (Å²) in [6, 6.07) is 8.87. The van der Waals surface area contributed by atoms with Gasteiger partial charge in [0.25, 0.3) is 5.91 Å². The van der Waals surface area contributed by atoms with Gasteiger partial charge in [-0.05, 0) is 42.3 Å². The molecule has 2 rings (SSSR count). The van der Waals surface area contributed by atoms with E-state index in [1.165, 1.54) is 37.5 Å². The largest absolute Gasteiger partial charge is 0.495 e. The molecule has 0 radical (unpaired) electrons. The molecule has 0 saturated heterocycles. The van der Waals surface area contributed by atoms with Crippen molar-refractivity contribution in [1.29, 1.82) is 0 Å². The van der Waals surface area contributed by atoms with E-state index in [1.54, 1.807) is 19.1 Å². The number of alkyl halides is 2. The van der Waals surface area contributed by atoms with Crippen LogP contribution in [-0.4, -0.2) is 32.2 Å². The number of amides is 1. The molecule has 0 atom stereocenters. The maximum Gasteiger partial charge on any atom is 0.387 e. The maximum absolute atomic E-state index is 12.1. The molecule has 0 aliphatic rings. The zero-order valence-electron chi connectivity index (χ0n) is 15.6. The quantitative estimate of drug-likeness (QED) is 0.499. The number of anilines is 1. The predicted octanol–water partition coefficient (Wildman–Crippen LogP) is 4.45. The molecule has 0 saturated carbocycles. The summed E-state index contributed by atoms with van der Waals surface area (Å²) in [6.07, 6.45) is 2.53. The van der Waals surface area contributed by atoms with E-state index in [-0.39, 0.29) is 5.75 Å². The zero-order chi connectivity index (χ0) is 21.4. The Morgan fingerprint density at radius 2 is 1.90 bits per heavy atom. The standard InChI is InChI=1S/C20H18ClF2NO5/c1-12-9-16(17(27-2)10-15(12)21)24-18(25)11-28-19(26)8-5-13-3-6-14(7-4-13)29-20(22)23/h3-10,20H,11H2,1-2H3,(H,24,25)/b8-5+. The lowest BCUT2D eigenvalue weighted by molar-refractivity contribution is -0.142. The van der Waals surface area contributed by atoms with E-state index in [0.29, 0.717) is 22.0 Å². The summed E-state index contributed by atoms with van der Waals surface area (Å²) in [6.45, 7) is -1.64. The summed E-state index contributed by atoms with van der Waals surface area (Å²) in [5.74, 6) is -0.920. The SMILES string of the molecule is COc1cc(Cl)c(C)cc1NC(=O)COC(=O)/C=C/c1ccc(OC(F)F)cc1. The fourth-order valence-corrected chi connectivity index (χ4v) is 2.38. The first-order valence-electron chi connectivity index (χ1n) is 8.32. The number of carbonyl (C=O) groups is 2. The van der Waals surface area contributed by atoms with E-state index in [2.05, 4.69) is 10.1 Å². The van der Waals surface area contributed by atoms with Gasteiger partial charge in [0.15, 0.2) is 6.61 Å². The molecule has 0 aliphatic carbocycles. The number of nitrogens with one attached hydrogen (secondary N) is 1. The summed E-state index contributed by atoms with van der Waals surface area (Å²) in [5.41, 5.74) is 1.71. The van der Waals surface area contributed by atoms with Crippen molar-refractivity contribution >= 4 is 35.2 Å². The Morgan fingerprint density at radius 1 is 1.21 bits per heavy atom. The van der Waals surface area contributed by atoms with Gasteiger partial charge in [0, 0.05) is 17.2 Å². The van der Waals surface area contributed by atoms with Crippen molar-refractivity contribution in [2.75, 3.05) is 19.0 Å². The van der Waals surface area contributed by atoms with E-state index < -0.39 is 25.1 Å². The first kappa shape index (κ1) is 22.2. The fourth-order valence-electron chi connectivity index (χ4n) is 2.23. The molecule has 0 bridgehead atoms. The minimum atomic E-state index is -2.91. The highest BCUT2D eigenvalue weighted by molar-refractivity contribution is 6.31. The molecular formula is C20H18ClF2NO5. The molecule has 0 spiro atoms. The van der Waals surface area contributed by atoms with Gasteiger partial charge in [0.2, 0.25) is 0 Å². The zero-order valence-corrected chi connectivity index (χ0v) is 16.3. The third-order valence-corrected chi connectivity index (χ3v) is 4.02. The number of carbonyl (C=O) groups excluding carboxylic acids is 2. The topological polar surface area (TPSA) is 73.9 Å². The lowest BCUT2D eigenvalue weighted by Gasteiger charge is -2.12. The second kappa shape index (κ2) is 10.4. The van der Waals surface area contributed by atoms with Crippen molar-refractivity contribution in [1.82, 2.24) is 0 Å². The molecule has 2 aromatic carbocycles. The number of hydrogen-bond acceptors (Lipinski definition) is 5. The molecule has 0 aromatic heterocycles. The van der Waals surface area contributed by atoms with Crippen LogP contribution in [0.1, 0.15) is 11.1 Å². The Balaban J connectivity index is 1.86. The number of halogens is 3. The minimum Gasteiger partial charge on any atom is -0.495 e. The molecule has 9 heteroatoms. The van der Waals surface area contributed by atoms with E-state index in [1.807, 2.05) is 0 Å². The smallest absolute Gasteiger partial charge is 0.387 e. The van der Waals surface area contributed by atoms with Crippen LogP contribution in [0, 0.1) is 6.92 Å². The van der Waals surface area contributed by atoms with Crippen molar-refractivity contribution in [3.05, 3.63) is 58.6 Å². The molecular weight excluding hydrogens is 408 g/mol. The molecule has 0 unspecified atom stereocenters. The molecule has 1 N–H and O–H groups in total. The van der Waals surface area contributed by atoms with Crippen LogP contribution in [0.15, 0.2) is 42.5 Å². The van der Waals surface area contributed by atoms with E-state index >= 15 is 0 Å². The van der Waals surface area contributed by atoms with Crippen LogP contribution in [0.3, 0.4) is 0 Å². The van der Waals surface area contributed by atoms with Gasteiger partial charge in [-0.2, -0.15) is 8.78 Å². The average Bonchev–Trinajstić information content (AvgIpc) is 2.68. The molecule has 1 amide bonds. The highest BCUT2D eigenvalue weighted by Crippen LogP contribution is 2.30. The third-order valence-electron chi connectivity index (χ3n) is 3.62. The van der Waals surface area contributed by atoms with Crippen LogP contribution in [0.5, 0.6) is 11.5 Å². The molecule has 0 fully saturated rings. The van der Waals surface area contributed by atoms with Crippen molar-refractivity contribution in [3.8, 4) is 11.5 Å². The van der Waals surface area contributed by atoms with Crippen molar-refractivity contribution in [2.45, 2.75) is 13.5 Å². The molecule has 29 heavy (non-hydrogen) atoms. The van der Waals surface area contributed by atoms with Gasteiger partial charge in [-0.15, -0.1) is 0 Å². The molecule has 2 aromatic rings. The Hall–Kier alpha value is -3.13. The number of methoxy groups -OCH3 is 1. The van der Waals surface area contributed by atoms with Gasteiger partial charge in [-0.3, -0.25) is 4.79 Å². The normalized spacial score (nSPS) is 10.8. The predicted molar refractivity (Wildman–Crippen MR) is 104 cm³/mol. The van der Waals surface area contributed by atoms with Crippen molar-refractivity contribution in [2.24, 2.45) is 0 Å². The first-order chi connectivity index (χ1) is 13.8. The number of aryl methyl sites for hydroxylation is 1. The van der Waals surface area contributed by atoms with Crippen molar-refractivity contribution < 1.29 is 32.6 Å². The maximum atomic E-state index is 12.1. The van der Waals surface area contributed by atoms with Gasteiger partial charge in [0.05, 0.1) is 12.8 Å². The highest BCUT2D eigenvalue weighted by Gasteiger charge is 2.12. The van der Waals surface area contributed by atoms with Crippen LogP contribution in [-0.2, 0) is 14.3 Å². The lowest BCUT2D eigenvalue weighted by Crippen LogP contribution is -2.20. The molecule has 0 heterocycles. The second-order valence-electron chi connectivity index (χ2n) is 5.74. The third kappa shape index (κ3) is 7.08. The summed E-state index contributed by atoms with van der Waals surface area (Å²) in [7, 11) is 1.44. The van der Waals surface area contributed by atoms with Gasteiger partial charge in [0.1, 0.15) is 11.5 Å². The fraction of sp³-hybridized carbons (Fsp3) is 0.200. The van der Waals surface area contributed by atoms with Crippen LogP contribution in [0.2, 0.25) is 5.02 Å². The summed E-state index contributed by atoms with van der Waals surface area (Å²) in [5, 5.41) is 3.07.